The van der Waals surface area contributed by atoms with Crippen LogP contribution in [0.3, 0.4) is 0 Å². The van der Waals surface area contributed by atoms with Crippen LogP contribution in [0.25, 0.3) is 0 Å². The maximum absolute atomic E-state index is 11.7. The highest BCUT2D eigenvalue weighted by Gasteiger charge is 2.34. The van der Waals surface area contributed by atoms with Gasteiger partial charge in [-0.25, -0.2) is 4.18 Å². The van der Waals surface area contributed by atoms with Gasteiger partial charge in [0, 0.05) is 18.8 Å². The molecule has 2 N–H and O–H groups in total. The predicted octanol–water partition coefficient (Wildman–Crippen LogP) is 1.21. The molecule has 1 aliphatic rings. The molecular formula is C12H18O7S. The summed E-state index contributed by atoms with van der Waals surface area (Å²) in [7, 11) is -4.41. The molecule has 1 aliphatic carbocycles. The summed E-state index contributed by atoms with van der Waals surface area (Å²) in [5.74, 6) is -1.22. The van der Waals surface area contributed by atoms with Gasteiger partial charge in [0.2, 0.25) is 0 Å². The number of rotatable bonds is 8. The number of carboxylic acids is 1. The van der Waals surface area contributed by atoms with E-state index < -0.39 is 16.4 Å². The fourth-order valence-electron chi connectivity index (χ4n) is 2.35. The van der Waals surface area contributed by atoms with E-state index in [1.54, 1.807) is 12.2 Å². The molecule has 1 saturated carbocycles. The fourth-order valence-corrected chi connectivity index (χ4v) is 2.66. The van der Waals surface area contributed by atoms with Gasteiger partial charge in [-0.1, -0.05) is 12.2 Å². The van der Waals surface area contributed by atoms with E-state index in [9.17, 15) is 18.0 Å². The summed E-state index contributed by atoms with van der Waals surface area (Å²) >= 11 is 0. The monoisotopic (exact) mass is 306 g/mol. The van der Waals surface area contributed by atoms with Gasteiger partial charge in [0.25, 0.3) is 0 Å². The molecule has 0 spiro atoms. The lowest BCUT2D eigenvalue weighted by atomic mass is 9.89. The lowest BCUT2D eigenvalue weighted by molar-refractivity contribution is -0.138. The lowest BCUT2D eigenvalue weighted by Gasteiger charge is -2.14. The van der Waals surface area contributed by atoms with Crippen LogP contribution in [0.2, 0.25) is 0 Å². The quantitative estimate of drug-likeness (QED) is 0.393. The smallest absolute Gasteiger partial charge is 0.397 e. The topological polar surface area (TPSA) is 118 Å². The van der Waals surface area contributed by atoms with Crippen molar-refractivity contribution in [2.24, 2.45) is 11.8 Å². The second-order valence-corrected chi connectivity index (χ2v) is 5.81. The minimum atomic E-state index is -4.41. The van der Waals surface area contributed by atoms with Gasteiger partial charge < -0.3 is 5.11 Å². The molecule has 1 rings (SSSR count). The zero-order valence-electron chi connectivity index (χ0n) is 10.9. The first-order chi connectivity index (χ1) is 9.29. The third-order valence-corrected chi connectivity index (χ3v) is 3.72. The van der Waals surface area contributed by atoms with E-state index in [0.29, 0.717) is 19.3 Å². The molecule has 7 nitrogen and oxygen atoms in total. The van der Waals surface area contributed by atoms with Crippen molar-refractivity contribution in [3.63, 3.8) is 0 Å². The number of allylic oxidation sites excluding steroid dienone is 1. The molecule has 0 aromatic rings. The van der Waals surface area contributed by atoms with Crippen LogP contribution in [-0.4, -0.2) is 36.4 Å². The van der Waals surface area contributed by atoms with Crippen molar-refractivity contribution in [1.82, 2.24) is 0 Å². The number of carbonyl (C=O) groups excluding carboxylic acids is 1. The number of carboxylic acid groups (broad SMARTS) is 1. The van der Waals surface area contributed by atoms with Gasteiger partial charge >= 0.3 is 16.4 Å². The highest BCUT2D eigenvalue weighted by atomic mass is 32.3. The number of hydrogen-bond acceptors (Lipinski definition) is 5. The Balaban J connectivity index is 2.35. The summed E-state index contributed by atoms with van der Waals surface area (Å²) in [4.78, 5) is 22.3. The first kappa shape index (κ1) is 16.8. The summed E-state index contributed by atoms with van der Waals surface area (Å²) < 4.78 is 33.0. The number of aliphatic carboxylic acids is 1. The van der Waals surface area contributed by atoms with Crippen molar-refractivity contribution in [3.05, 3.63) is 12.2 Å². The highest BCUT2D eigenvalue weighted by Crippen LogP contribution is 2.33. The van der Waals surface area contributed by atoms with E-state index in [2.05, 4.69) is 4.18 Å². The summed E-state index contributed by atoms with van der Waals surface area (Å²) in [6, 6.07) is 0. The van der Waals surface area contributed by atoms with Crippen LogP contribution in [0, 0.1) is 11.8 Å². The normalized spacial score (nSPS) is 23.6. The van der Waals surface area contributed by atoms with Crippen molar-refractivity contribution in [2.75, 3.05) is 6.61 Å². The van der Waals surface area contributed by atoms with Crippen LogP contribution in [0.15, 0.2) is 12.2 Å². The van der Waals surface area contributed by atoms with Gasteiger partial charge in [-0.15, -0.1) is 0 Å². The fraction of sp³-hybridized carbons (Fsp3) is 0.667. The second kappa shape index (κ2) is 7.51. The van der Waals surface area contributed by atoms with E-state index in [4.69, 9.17) is 9.66 Å². The molecule has 0 unspecified atom stereocenters. The number of hydrogen-bond donors (Lipinski definition) is 2. The Morgan fingerprint density at radius 2 is 2.10 bits per heavy atom. The first-order valence-corrected chi connectivity index (χ1v) is 7.67. The van der Waals surface area contributed by atoms with Crippen molar-refractivity contribution >= 4 is 22.2 Å². The molecular weight excluding hydrogens is 288 g/mol. The average Bonchev–Trinajstić information content (AvgIpc) is 2.63. The molecule has 0 aromatic heterocycles. The Labute approximate surface area is 117 Å². The van der Waals surface area contributed by atoms with E-state index in [1.807, 2.05) is 0 Å². The van der Waals surface area contributed by atoms with Crippen LogP contribution < -0.4 is 0 Å². The Morgan fingerprint density at radius 3 is 2.70 bits per heavy atom. The van der Waals surface area contributed by atoms with E-state index in [0.717, 1.165) is 0 Å². The number of Topliss-reactive ketones (excluding diaryl/α,β-unsaturated/α-hetero) is 1. The summed E-state index contributed by atoms with van der Waals surface area (Å²) in [5, 5.41) is 8.77. The zero-order valence-corrected chi connectivity index (χ0v) is 11.7. The largest absolute Gasteiger partial charge is 0.481 e. The maximum Gasteiger partial charge on any atom is 0.397 e. The Hall–Kier alpha value is -1.25. The van der Waals surface area contributed by atoms with Gasteiger partial charge in [0.15, 0.2) is 0 Å². The second-order valence-electron chi connectivity index (χ2n) is 4.71. The molecule has 0 aliphatic heterocycles. The van der Waals surface area contributed by atoms with Crippen LogP contribution in [0.5, 0.6) is 0 Å². The summed E-state index contributed by atoms with van der Waals surface area (Å²) in [6.45, 7) is -0.174. The van der Waals surface area contributed by atoms with Crippen LogP contribution in [0.4, 0.5) is 0 Å². The Kier molecular flexibility index (Phi) is 6.31. The van der Waals surface area contributed by atoms with Crippen molar-refractivity contribution in [2.45, 2.75) is 32.1 Å². The molecule has 114 valence electrons. The van der Waals surface area contributed by atoms with E-state index >= 15 is 0 Å². The molecule has 2 atom stereocenters. The molecule has 8 heteroatoms. The molecule has 0 aromatic carbocycles. The van der Waals surface area contributed by atoms with Gasteiger partial charge in [0.05, 0.1) is 6.61 Å². The number of carbonyl (C=O) groups is 2. The zero-order chi connectivity index (χ0) is 15.2. The molecule has 1 fully saturated rings. The summed E-state index contributed by atoms with van der Waals surface area (Å²) in [6.07, 6.45) is 5.12. The maximum atomic E-state index is 11.7. The highest BCUT2D eigenvalue weighted by molar-refractivity contribution is 7.80. The van der Waals surface area contributed by atoms with Gasteiger partial charge in [-0.2, -0.15) is 8.42 Å². The van der Waals surface area contributed by atoms with Gasteiger partial charge in [-0.05, 0) is 25.2 Å². The Morgan fingerprint density at radius 1 is 1.40 bits per heavy atom. The third kappa shape index (κ3) is 6.27. The molecule has 0 radical (unpaired) electrons. The summed E-state index contributed by atoms with van der Waals surface area (Å²) in [5.41, 5.74) is 0. The van der Waals surface area contributed by atoms with Crippen LogP contribution in [-0.2, 0) is 24.2 Å². The average molecular weight is 306 g/mol. The van der Waals surface area contributed by atoms with Crippen LogP contribution >= 0.6 is 0 Å². The SMILES string of the molecule is O=C(O)C[C@H]1CCC(=O)[C@H]1CC=CCCOS(=O)(=O)O. The standard InChI is InChI=1S/C12H18O7S/c13-11-6-5-9(8-12(14)15)10(11)4-2-1-3-7-19-20(16,17)18/h1-2,9-10H,3-8H2,(H,14,15)(H,16,17,18)/t9-,10+/m1/s1. The van der Waals surface area contributed by atoms with E-state index in [-0.39, 0.29) is 37.1 Å². The molecule has 0 heterocycles. The Bertz CT molecular complexity index is 480. The van der Waals surface area contributed by atoms with Crippen LogP contribution in [0.1, 0.15) is 32.1 Å². The lowest BCUT2D eigenvalue weighted by Crippen LogP contribution is -2.17. The minimum absolute atomic E-state index is 0.00386. The van der Waals surface area contributed by atoms with Gasteiger partial charge in [-0.3, -0.25) is 14.1 Å². The van der Waals surface area contributed by atoms with Crippen molar-refractivity contribution < 1.29 is 31.8 Å². The molecule has 20 heavy (non-hydrogen) atoms. The first-order valence-electron chi connectivity index (χ1n) is 6.31. The number of ketones is 1. The van der Waals surface area contributed by atoms with E-state index in [1.165, 1.54) is 0 Å². The molecule has 0 amide bonds. The van der Waals surface area contributed by atoms with Crippen molar-refractivity contribution in [3.8, 4) is 0 Å². The molecule has 0 bridgehead atoms. The molecule has 0 saturated heterocycles. The minimum Gasteiger partial charge on any atom is -0.481 e. The van der Waals surface area contributed by atoms with Gasteiger partial charge in [0.1, 0.15) is 5.78 Å². The van der Waals surface area contributed by atoms with Crippen molar-refractivity contribution in [1.29, 1.82) is 0 Å². The predicted molar refractivity (Wildman–Crippen MR) is 69.3 cm³/mol. The third-order valence-electron chi connectivity index (χ3n) is 3.25.